The van der Waals surface area contributed by atoms with Crippen LogP contribution in [0.1, 0.15) is 45.6 Å². The molecule has 4 aromatic rings. The molecule has 0 radical (unpaired) electrons. The Kier molecular flexibility index (Phi) is 7.45. The van der Waals surface area contributed by atoms with Crippen LogP contribution < -0.4 is 14.5 Å². The fourth-order valence-corrected chi connectivity index (χ4v) is 11.5. The zero-order valence-electron chi connectivity index (χ0n) is 24.7. The number of carbonyl (C=O) groups is 3. The maximum absolute atomic E-state index is 14.2. The van der Waals surface area contributed by atoms with E-state index in [0.717, 1.165) is 37.7 Å². The summed E-state index contributed by atoms with van der Waals surface area (Å²) in [7, 11) is 0. The number of esters is 1. The number of hydrogen-bond donors (Lipinski definition) is 1. The van der Waals surface area contributed by atoms with Crippen LogP contribution in [-0.4, -0.2) is 34.6 Å². The molecule has 8 nitrogen and oxygen atoms in total. The Labute approximate surface area is 281 Å². The van der Waals surface area contributed by atoms with Crippen LogP contribution in [0, 0.1) is 29.6 Å². The topological polar surface area (TPSA) is 106 Å². The highest BCUT2D eigenvalue weighted by Gasteiger charge is 2.69. The standard InChI is InChI=1S/C35H29BrN2O6S2/c1-2-43-34(41)18-8-11-20(12-9-18)38-32(39)27-22-15-23(28(27)33(38)40)29-26(22)25(30-31(45-29)37-35(42)46-30)21-14-19(36)10-13-24(21)44-16-17-6-4-3-5-7-17/h3-14,22-23,25-29H,2,15-16H2,1H3,(H,37,42)/t22?,23?,25-,26?,27?,28?,29?/m1/s1. The lowest BCUT2D eigenvalue weighted by Gasteiger charge is -2.43. The summed E-state index contributed by atoms with van der Waals surface area (Å²) in [6.07, 6.45) is 0.786. The number of hydrogen-bond acceptors (Lipinski definition) is 8. The lowest BCUT2D eigenvalue weighted by Crippen LogP contribution is -2.42. The van der Waals surface area contributed by atoms with Gasteiger partial charge in [-0.25, -0.2) is 4.79 Å². The third-order valence-corrected chi connectivity index (χ3v) is 13.0. The minimum absolute atomic E-state index is 0.00912. The van der Waals surface area contributed by atoms with Gasteiger partial charge in [-0.3, -0.25) is 19.3 Å². The summed E-state index contributed by atoms with van der Waals surface area (Å²) in [6.45, 7) is 2.40. The van der Waals surface area contributed by atoms with Crippen molar-refractivity contribution in [3.05, 3.63) is 109 Å². The van der Waals surface area contributed by atoms with Crippen molar-refractivity contribution < 1.29 is 23.9 Å². The van der Waals surface area contributed by atoms with Crippen LogP contribution in [0.3, 0.4) is 0 Å². The van der Waals surface area contributed by atoms with Crippen molar-refractivity contribution in [3.8, 4) is 5.75 Å². The number of nitrogens with zero attached hydrogens (tertiary/aromatic N) is 1. The fourth-order valence-electron chi connectivity index (χ4n) is 8.21. The second-order valence-electron chi connectivity index (χ2n) is 12.2. The Morgan fingerprint density at radius 1 is 0.978 bits per heavy atom. The van der Waals surface area contributed by atoms with Crippen LogP contribution in [-0.2, 0) is 20.9 Å². The molecular formula is C35H29BrN2O6S2. The number of thiazole rings is 1. The van der Waals surface area contributed by atoms with Crippen LogP contribution >= 0.6 is 39.0 Å². The SMILES string of the molecule is CCOC(=O)c1ccc(N2C(=O)C3C4CC(C3C2=O)C2C4Sc3[nH]c(=O)sc3[C@@H]2c2cc(Br)ccc2OCc2ccccc2)cc1. The lowest BCUT2D eigenvalue weighted by atomic mass is 9.68. The molecule has 2 saturated carbocycles. The first-order valence-corrected chi connectivity index (χ1v) is 17.8. The number of fused-ring (bicyclic) bond motifs is 9. The van der Waals surface area contributed by atoms with Crippen LogP contribution in [0.5, 0.6) is 5.75 Å². The van der Waals surface area contributed by atoms with Crippen molar-refractivity contribution in [3.63, 3.8) is 0 Å². The molecule has 0 spiro atoms. The van der Waals surface area contributed by atoms with Crippen molar-refractivity contribution in [2.45, 2.75) is 36.1 Å². The van der Waals surface area contributed by atoms with Gasteiger partial charge in [-0.15, -0.1) is 11.8 Å². The molecule has 2 amide bonds. The lowest BCUT2D eigenvalue weighted by molar-refractivity contribution is -0.123. The second-order valence-corrected chi connectivity index (χ2v) is 15.3. The number of aromatic amines is 1. The smallest absolute Gasteiger partial charge is 0.338 e. The molecule has 3 fully saturated rings. The summed E-state index contributed by atoms with van der Waals surface area (Å²) in [5.74, 6) is -1.11. The largest absolute Gasteiger partial charge is 0.489 e. The van der Waals surface area contributed by atoms with Crippen molar-refractivity contribution >= 4 is 62.5 Å². The van der Waals surface area contributed by atoms with E-state index in [1.807, 2.05) is 42.5 Å². The summed E-state index contributed by atoms with van der Waals surface area (Å²) in [5, 5.41) is 0.903. The molecule has 3 aromatic carbocycles. The van der Waals surface area contributed by atoms with Gasteiger partial charge in [0.05, 0.1) is 34.7 Å². The van der Waals surface area contributed by atoms with Gasteiger partial charge in [0.15, 0.2) is 0 Å². The molecule has 234 valence electrons. The van der Waals surface area contributed by atoms with E-state index in [9.17, 15) is 19.2 Å². The number of H-pyrrole nitrogens is 1. The summed E-state index contributed by atoms with van der Waals surface area (Å²) in [4.78, 5) is 58.4. The van der Waals surface area contributed by atoms with Gasteiger partial charge in [0.2, 0.25) is 11.8 Å². The van der Waals surface area contributed by atoms with E-state index >= 15 is 0 Å². The number of rotatable bonds is 7. The van der Waals surface area contributed by atoms with Gasteiger partial charge in [0.25, 0.3) is 0 Å². The van der Waals surface area contributed by atoms with E-state index in [1.54, 1.807) is 43.0 Å². The number of anilines is 1. The molecule has 3 heterocycles. The number of imide groups is 1. The highest BCUT2D eigenvalue weighted by atomic mass is 79.9. The van der Waals surface area contributed by atoms with Gasteiger partial charge in [-0.1, -0.05) is 57.6 Å². The molecule has 2 aliphatic heterocycles. The van der Waals surface area contributed by atoms with E-state index in [1.165, 1.54) is 16.2 Å². The molecule has 46 heavy (non-hydrogen) atoms. The molecule has 7 atom stereocenters. The van der Waals surface area contributed by atoms with Gasteiger partial charge >= 0.3 is 10.8 Å². The first-order valence-electron chi connectivity index (χ1n) is 15.3. The number of halogens is 1. The number of ether oxygens (including phenoxy) is 2. The Bertz CT molecular complexity index is 1930. The summed E-state index contributed by atoms with van der Waals surface area (Å²) in [5.41, 5.74) is 2.86. The predicted molar refractivity (Wildman–Crippen MR) is 178 cm³/mol. The molecule has 2 bridgehead atoms. The Hall–Kier alpha value is -3.67. The average molecular weight is 718 g/mol. The van der Waals surface area contributed by atoms with Gasteiger partial charge in [-0.05, 0) is 79.1 Å². The highest BCUT2D eigenvalue weighted by molar-refractivity contribution is 9.10. The third-order valence-electron chi connectivity index (χ3n) is 9.90. The van der Waals surface area contributed by atoms with Crippen molar-refractivity contribution in [2.24, 2.45) is 29.6 Å². The minimum Gasteiger partial charge on any atom is -0.489 e. The first-order chi connectivity index (χ1) is 22.3. The van der Waals surface area contributed by atoms with Crippen molar-refractivity contribution in [2.75, 3.05) is 11.5 Å². The Balaban J connectivity index is 1.16. The quantitative estimate of drug-likeness (QED) is 0.169. The van der Waals surface area contributed by atoms with Crippen LogP contribution in [0.15, 0.2) is 87.1 Å². The van der Waals surface area contributed by atoms with E-state index in [0.29, 0.717) is 17.9 Å². The first kappa shape index (κ1) is 29.7. The molecule has 4 aliphatic rings. The minimum atomic E-state index is -0.444. The van der Waals surface area contributed by atoms with Gasteiger partial charge in [0.1, 0.15) is 12.4 Å². The van der Waals surface area contributed by atoms with E-state index in [-0.39, 0.29) is 52.2 Å². The van der Waals surface area contributed by atoms with Gasteiger partial charge < -0.3 is 14.5 Å². The monoisotopic (exact) mass is 716 g/mol. The number of benzene rings is 3. The van der Waals surface area contributed by atoms with Gasteiger partial charge in [0, 0.05) is 26.1 Å². The molecule has 11 heteroatoms. The summed E-state index contributed by atoms with van der Waals surface area (Å²) in [6, 6.07) is 22.5. The summed E-state index contributed by atoms with van der Waals surface area (Å²) < 4.78 is 12.4. The molecule has 1 aromatic heterocycles. The highest BCUT2D eigenvalue weighted by Crippen LogP contribution is 2.69. The number of carbonyl (C=O) groups excluding carboxylic acids is 3. The number of amides is 2. The number of thioether (sulfide) groups is 1. The zero-order chi connectivity index (χ0) is 31.7. The van der Waals surface area contributed by atoms with Crippen LogP contribution in [0.4, 0.5) is 5.69 Å². The predicted octanol–water partition coefficient (Wildman–Crippen LogP) is 6.63. The van der Waals surface area contributed by atoms with Gasteiger partial charge in [-0.2, -0.15) is 0 Å². The average Bonchev–Trinajstić information content (AvgIpc) is 3.80. The van der Waals surface area contributed by atoms with Crippen molar-refractivity contribution in [1.29, 1.82) is 0 Å². The zero-order valence-corrected chi connectivity index (χ0v) is 27.9. The molecule has 6 unspecified atom stereocenters. The maximum Gasteiger partial charge on any atom is 0.338 e. The van der Waals surface area contributed by atoms with Crippen LogP contribution in [0.2, 0.25) is 0 Å². The van der Waals surface area contributed by atoms with Crippen LogP contribution in [0.25, 0.3) is 0 Å². The third kappa shape index (κ3) is 4.69. The molecule has 1 N–H and O–H groups in total. The second kappa shape index (κ2) is 11.5. The maximum atomic E-state index is 14.2. The molecular weight excluding hydrogens is 688 g/mol. The summed E-state index contributed by atoms with van der Waals surface area (Å²) >= 11 is 6.56. The van der Waals surface area contributed by atoms with E-state index in [2.05, 4.69) is 27.0 Å². The Morgan fingerprint density at radius 3 is 2.46 bits per heavy atom. The van der Waals surface area contributed by atoms with E-state index < -0.39 is 17.8 Å². The number of nitrogens with one attached hydrogen (secondary N) is 1. The Morgan fingerprint density at radius 2 is 1.72 bits per heavy atom. The molecule has 8 rings (SSSR count). The van der Waals surface area contributed by atoms with E-state index in [4.69, 9.17) is 9.47 Å². The molecule has 1 saturated heterocycles. The van der Waals surface area contributed by atoms with Crippen molar-refractivity contribution in [1.82, 2.24) is 4.98 Å². The normalized spacial score (nSPS) is 27.3. The number of aromatic nitrogens is 1. The molecule has 2 aliphatic carbocycles. The fraction of sp³-hybridized carbons (Fsp3) is 0.314.